The maximum Gasteiger partial charge on any atom is 0.261 e. The summed E-state index contributed by atoms with van der Waals surface area (Å²) in [6, 6.07) is 0. The molecule has 0 aromatic carbocycles. The van der Waals surface area contributed by atoms with Crippen molar-refractivity contribution in [1.29, 1.82) is 0 Å². The second-order valence-corrected chi connectivity index (χ2v) is 5.89. The fourth-order valence-electron chi connectivity index (χ4n) is 2.24. The fourth-order valence-corrected chi connectivity index (χ4v) is 3.01. The van der Waals surface area contributed by atoms with Gasteiger partial charge in [0.2, 0.25) is 11.7 Å². The van der Waals surface area contributed by atoms with Gasteiger partial charge in [-0.25, -0.2) is 9.67 Å². The number of nitrogens with zero attached hydrogens (tertiary/aromatic N) is 6. The van der Waals surface area contributed by atoms with E-state index in [2.05, 4.69) is 41.2 Å². The molecule has 132 valence electrons. The van der Waals surface area contributed by atoms with Gasteiger partial charge in [-0.1, -0.05) is 16.8 Å². The minimum absolute atomic E-state index is 0.0259. The van der Waals surface area contributed by atoms with Crippen LogP contribution in [0.5, 0.6) is 17.4 Å². The Morgan fingerprint density at radius 1 is 1.08 bits per heavy atom. The molecule has 0 unspecified atom stereocenters. The summed E-state index contributed by atoms with van der Waals surface area (Å²) in [7, 11) is 4.51. The molecule has 25 heavy (non-hydrogen) atoms. The third kappa shape index (κ3) is 3.00. The summed E-state index contributed by atoms with van der Waals surface area (Å²) in [4.78, 5) is 12.4. The number of fused-ring (bicyclic) bond motifs is 1. The van der Waals surface area contributed by atoms with Gasteiger partial charge in [-0.2, -0.15) is 9.97 Å². The van der Waals surface area contributed by atoms with Gasteiger partial charge >= 0.3 is 0 Å². The highest BCUT2D eigenvalue weighted by Gasteiger charge is 2.22. The second-order valence-electron chi connectivity index (χ2n) is 4.74. The quantitative estimate of drug-likeness (QED) is 0.602. The Balaban J connectivity index is 2.12. The standard InChI is InChI=1S/C13H13BrClN7O3/c1-23-8-6(14)5(17-12(25-3)9(8)24-2)4-22-11-7(20-21-22)10(15)18-13(16)19-11/h4H2,1-3H3,(H2,16,18,19). The van der Waals surface area contributed by atoms with E-state index in [0.717, 1.165) is 0 Å². The molecule has 0 saturated carbocycles. The van der Waals surface area contributed by atoms with Crippen LogP contribution in [0.4, 0.5) is 5.95 Å². The van der Waals surface area contributed by atoms with Gasteiger partial charge in [0.25, 0.3) is 5.88 Å². The van der Waals surface area contributed by atoms with Crippen molar-refractivity contribution < 1.29 is 14.2 Å². The van der Waals surface area contributed by atoms with Crippen LogP contribution in [0.2, 0.25) is 5.15 Å². The number of halogens is 2. The number of nitrogen functional groups attached to an aromatic ring is 1. The number of hydrogen-bond acceptors (Lipinski definition) is 9. The van der Waals surface area contributed by atoms with Crippen LogP contribution in [-0.2, 0) is 6.54 Å². The van der Waals surface area contributed by atoms with Crippen molar-refractivity contribution in [3.8, 4) is 17.4 Å². The molecule has 0 aliphatic rings. The lowest BCUT2D eigenvalue weighted by molar-refractivity contribution is 0.312. The van der Waals surface area contributed by atoms with Gasteiger partial charge < -0.3 is 19.9 Å². The monoisotopic (exact) mass is 429 g/mol. The number of ether oxygens (including phenoxy) is 3. The molecule has 0 radical (unpaired) electrons. The van der Waals surface area contributed by atoms with E-state index in [1.165, 1.54) is 26.0 Å². The van der Waals surface area contributed by atoms with Gasteiger partial charge in [0.05, 0.1) is 38.0 Å². The van der Waals surface area contributed by atoms with Gasteiger partial charge in [0.1, 0.15) is 0 Å². The zero-order valence-electron chi connectivity index (χ0n) is 13.4. The van der Waals surface area contributed by atoms with Crippen molar-refractivity contribution in [1.82, 2.24) is 29.9 Å². The maximum absolute atomic E-state index is 6.02. The highest BCUT2D eigenvalue weighted by molar-refractivity contribution is 9.10. The van der Waals surface area contributed by atoms with Gasteiger partial charge in [-0.15, -0.1) is 5.10 Å². The zero-order chi connectivity index (χ0) is 18.1. The summed E-state index contributed by atoms with van der Waals surface area (Å²) in [6.07, 6.45) is 0. The molecule has 0 spiro atoms. The Labute approximate surface area is 155 Å². The summed E-state index contributed by atoms with van der Waals surface area (Å²) in [6.45, 7) is 0.209. The van der Waals surface area contributed by atoms with Gasteiger partial charge in [0.15, 0.2) is 22.1 Å². The molecule has 0 atom stereocenters. The van der Waals surface area contributed by atoms with Crippen molar-refractivity contribution in [2.45, 2.75) is 6.54 Å². The minimum Gasteiger partial charge on any atom is -0.492 e. The van der Waals surface area contributed by atoms with Crippen molar-refractivity contribution in [3.05, 3.63) is 15.3 Å². The van der Waals surface area contributed by atoms with Gasteiger partial charge in [-0.3, -0.25) is 0 Å². The van der Waals surface area contributed by atoms with Crippen LogP contribution >= 0.6 is 27.5 Å². The van der Waals surface area contributed by atoms with Crippen molar-refractivity contribution >= 4 is 44.6 Å². The molecule has 10 nitrogen and oxygen atoms in total. The molecule has 2 N–H and O–H groups in total. The van der Waals surface area contributed by atoms with E-state index in [0.29, 0.717) is 32.8 Å². The third-order valence-electron chi connectivity index (χ3n) is 3.33. The Kier molecular flexibility index (Phi) is 4.77. The lowest BCUT2D eigenvalue weighted by Crippen LogP contribution is -2.09. The number of anilines is 1. The summed E-state index contributed by atoms with van der Waals surface area (Å²) in [5.74, 6) is 1.12. The first-order valence-electron chi connectivity index (χ1n) is 6.86. The predicted octanol–water partition coefficient (Wildman–Crippen LogP) is 1.69. The van der Waals surface area contributed by atoms with E-state index in [-0.39, 0.29) is 23.5 Å². The van der Waals surface area contributed by atoms with Crippen molar-refractivity contribution in [2.24, 2.45) is 0 Å². The van der Waals surface area contributed by atoms with E-state index in [9.17, 15) is 0 Å². The molecule has 0 aliphatic heterocycles. The Morgan fingerprint density at radius 2 is 1.80 bits per heavy atom. The highest BCUT2D eigenvalue weighted by atomic mass is 79.9. The van der Waals surface area contributed by atoms with E-state index in [4.69, 9.17) is 31.5 Å². The first-order chi connectivity index (χ1) is 12.0. The maximum atomic E-state index is 6.02. The molecule has 0 fully saturated rings. The number of nitrogens with two attached hydrogens (primary N) is 1. The van der Waals surface area contributed by atoms with E-state index in [1.54, 1.807) is 0 Å². The minimum atomic E-state index is 0.0259. The number of aromatic nitrogens is 6. The normalized spacial score (nSPS) is 10.9. The van der Waals surface area contributed by atoms with Gasteiger partial charge in [0, 0.05) is 0 Å². The molecule has 0 saturated heterocycles. The molecule has 3 aromatic rings. The Bertz CT molecular complexity index is 949. The SMILES string of the molecule is COc1nc(Cn2nnc3c(Cl)nc(N)nc32)c(Br)c(OC)c1OC. The summed E-state index contributed by atoms with van der Waals surface area (Å²) < 4.78 is 18.0. The van der Waals surface area contributed by atoms with Crippen molar-refractivity contribution in [3.63, 3.8) is 0 Å². The Hall–Kier alpha value is -2.40. The summed E-state index contributed by atoms with van der Waals surface area (Å²) in [5.41, 5.74) is 6.95. The lowest BCUT2D eigenvalue weighted by Gasteiger charge is -2.15. The number of methoxy groups -OCH3 is 3. The van der Waals surface area contributed by atoms with Crippen LogP contribution in [0, 0.1) is 0 Å². The zero-order valence-corrected chi connectivity index (χ0v) is 15.8. The predicted molar refractivity (Wildman–Crippen MR) is 93.2 cm³/mol. The molecular weight excluding hydrogens is 418 g/mol. The average molecular weight is 431 g/mol. The second kappa shape index (κ2) is 6.84. The highest BCUT2D eigenvalue weighted by Crippen LogP contribution is 2.42. The molecule has 3 heterocycles. The van der Waals surface area contributed by atoms with E-state index >= 15 is 0 Å². The van der Waals surface area contributed by atoms with E-state index < -0.39 is 0 Å². The molecule has 12 heteroatoms. The molecule has 3 aromatic heterocycles. The average Bonchev–Trinajstić information content (AvgIpc) is 2.99. The molecule has 3 rings (SSSR count). The number of rotatable bonds is 5. The van der Waals surface area contributed by atoms with Crippen LogP contribution in [0.25, 0.3) is 11.2 Å². The molecular formula is C13H13BrClN7O3. The lowest BCUT2D eigenvalue weighted by atomic mass is 10.3. The first kappa shape index (κ1) is 17.4. The number of pyridine rings is 1. The smallest absolute Gasteiger partial charge is 0.261 e. The third-order valence-corrected chi connectivity index (χ3v) is 4.41. The van der Waals surface area contributed by atoms with Crippen LogP contribution < -0.4 is 19.9 Å². The van der Waals surface area contributed by atoms with Crippen LogP contribution in [0.1, 0.15) is 5.69 Å². The topological polar surface area (TPSA) is 123 Å². The largest absolute Gasteiger partial charge is 0.492 e. The molecule has 0 aliphatic carbocycles. The summed E-state index contributed by atoms with van der Waals surface area (Å²) in [5, 5.41) is 8.14. The van der Waals surface area contributed by atoms with E-state index in [1.807, 2.05) is 0 Å². The molecule has 0 bridgehead atoms. The van der Waals surface area contributed by atoms with Crippen molar-refractivity contribution in [2.75, 3.05) is 27.1 Å². The van der Waals surface area contributed by atoms with Crippen LogP contribution in [0.15, 0.2) is 4.47 Å². The van der Waals surface area contributed by atoms with Crippen LogP contribution in [0.3, 0.4) is 0 Å². The fraction of sp³-hybridized carbons (Fsp3) is 0.308. The molecule has 0 amide bonds. The van der Waals surface area contributed by atoms with Gasteiger partial charge in [-0.05, 0) is 15.9 Å². The summed E-state index contributed by atoms with van der Waals surface area (Å²) >= 11 is 9.48. The van der Waals surface area contributed by atoms with Crippen LogP contribution in [-0.4, -0.2) is 51.3 Å². The Morgan fingerprint density at radius 3 is 2.44 bits per heavy atom. The number of hydrogen-bond donors (Lipinski definition) is 1. The first-order valence-corrected chi connectivity index (χ1v) is 8.03.